The van der Waals surface area contributed by atoms with Crippen molar-refractivity contribution in [2.24, 2.45) is 0 Å². The van der Waals surface area contributed by atoms with Crippen LogP contribution in [0.4, 0.5) is 5.69 Å². The number of halogens is 1. The molecule has 0 unspecified atom stereocenters. The molecular weight excluding hydrogens is 322 g/mol. The van der Waals surface area contributed by atoms with Gasteiger partial charge in [-0.05, 0) is 40.2 Å². The molecule has 2 aromatic rings. The molecule has 0 saturated heterocycles. The van der Waals surface area contributed by atoms with Crippen LogP contribution in [0, 0.1) is 0 Å². The molecule has 3 rings (SSSR count). The molecule has 102 valence electrons. The van der Waals surface area contributed by atoms with Crippen LogP contribution in [0.2, 0.25) is 0 Å². The number of ether oxygens (including phenoxy) is 2. The van der Waals surface area contributed by atoms with Crippen LogP contribution in [0.1, 0.15) is 0 Å². The Hall–Kier alpha value is -2.01. The molecule has 1 aliphatic rings. The molecule has 1 atom stereocenters. The Balaban J connectivity index is 1.72. The summed E-state index contributed by atoms with van der Waals surface area (Å²) in [4.78, 5) is 12.2. The Morgan fingerprint density at radius 2 is 1.80 bits per heavy atom. The van der Waals surface area contributed by atoms with Gasteiger partial charge in [0.25, 0.3) is 5.91 Å². The highest BCUT2D eigenvalue weighted by Gasteiger charge is 2.27. The molecule has 1 amide bonds. The number of amides is 1. The lowest BCUT2D eigenvalue weighted by molar-refractivity contribution is -0.125. The zero-order valence-corrected chi connectivity index (χ0v) is 12.1. The maximum atomic E-state index is 12.2. The van der Waals surface area contributed by atoms with Crippen molar-refractivity contribution in [1.82, 2.24) is 0 Å². The van der Waals surface area contributed by atoms with Crippen LogP contribution >= 0.6 is 15.9 Å². The monoisotopic (exact) mass is 333 g/mol. The topological polar surface area (TPSA) is 47.6 Å². The van der Waals surface area contributed by atoms with E-state index in [1.165, 1.54) is 0 Å². The van der Waals surface area contributed by atoms with Gasteiger partial charge in [-0.25, -0.2) is 0 Å². The Labute approximate surface area is 124 Å². The van der Waals surface area contributed by atoms with E-state index in [4.69, 9.17) is 9.47 Å². The first-order valence-corrected chi connectivity index (χ1v) is 6.97. The van der Waals surface area contributed by atoms with Crippen LogP contribution in [-0.4, -0.2) is 18.6 Å². The fourth-order valence-electron chi connectivity index (χ4n) is 1.92. The molecular formula is C15H12BrNO3. The highest BCUT2D eigenvalue weighted by Crippen LogP contribution is 2.31. The third-order valence-electron chi connectivity index (χ3n) is 2.93. The normalized spacial score (nSPS) is 16.6. The number of carbonyl (C=O) groups excluding carboxylic acids is 1. The van der Waals surface area contributed by atoms with Gasteiger partial charge in [0.05, 0.1) is 5.69 Å². The maximum absolute atomic E-state index is 12.2. The van der Waals surface area contributed by atoms with Crippen molar-refractivity contribution in [3.63, 3.8) is 0 Å². The van der Waals surface area contributed by atoms with E-state index in [0.717, 1.165) is 4.47 Å². The lowest BCUT2D eigenvalue weighted by atomic mass is 10.2. The summed E-state index contributed by atoms with van der Waals surface area (Å²) in [7, 11) is 0. The minimum Gasteiger partial charge on any atom is -0.485 e. The molecule has 0 radical (unpaired) electrons. The van der Waals surface area contributed by atoms with Crippen LogP contribution in [0.15, 0.2) is 53.0 Å². The van der Waals surface area contributed by atoms with E-state index < -0.39 is 6.10 Å². The van der Waals surface area contributed by atoms with E-state index in [1.807, 2.05) is 42.5 Å². The predicted octanol–water partition coefficient (Wildman–Crippen LogP) is 3.23. The fourth-order valence-corrected chi connectivity index (χ4v) is 2.31. The Kier molecular flexibility index (Phi) is 3.60. The lowest BCUT2D eigenvalue weighted by Gasteiger charge is -2.25. The smallest absolute Gasteiger partial charge is 0.269 e. The third-order valence-corrected chi connectivity index (χ3v) is 3.62. The molecule has 0 saturated carbocycles. The van der Waals surface area contributed by atoms with E-state index in [0.29, 0.717) is 17.2 Å². The quantitative estimate of drug-likeness (QED) is 0.917. The van der Waals surface area contributed by atoms with Gasteiger partial charge in [0.2, 0.25) is 6.10 Å². The lowest BCUT2D eigenvalue weighted by Crippen LogP contribution is -2.40. The van der Waals surface area contributed by atoms with E-state index in [-0.39, 0.29) is 12.5 Å². The molecule has 4 nitrogen and oxygen atoms in total. The average molecular weight is 334 g/mol. The van der Waals surface area contributed by atoms with E-state index in [1.54, 1.807) is 6.07 Å². The summed E-state index contributed by atoms with van der Waals surface area (Å²) in [6.45, 7) is 0.202. The molecule has 0 aliphatic carbocycles. The van der Waals surface area contributed by atoms with Crippen LogP contribution in [0.3, 0.4) is 0 Å². The number of nitrogens with one attached hydrogen (secondary N) is 1. The van der Waals surface area contributed by atoms with Crippen molar-refractivity contribution in [1.29, 1.82) is 0 Å². The first-order valence-electron chi connectivity index (χ1n) is 6.18. The molecule has 0 aromatic heterocycles. The molecule has 1 heterocycles. The number of fused-ring (bicyclic) bond motifs is 1. The van der Waals surface area contributed by atoms with Crippen LogP contribution in [0.25, 0.3) is 0 Å². The number of para-hydroxylation sites is 3. The van der Waals surface area contributed by atoms with Crippen LogP contribution in [-0.2, 0) is 4.79 Å². The second-order valence-corrected chi connectivity index (χ2v) is 5.19. The van der Waals surface area contributed by atoms with Gasteiger partial charge in [-0.1, -0.05) is 24.3 Å². The molecule has 0 spiro atoms. The van der Waals surface area contributed by atoms with Gasteiger partial charge < -0.3 is 14.8 Å². The summed E-state index contributed by atoms with van der Waals surface area (Å²) in [5.41, 5.74) is 0.708. The minimum absolute atomic E-state index is 0.202. The first kappa shape index (κ1) is 13.0. The number of carbonyl (C=O) groups is 1. The largest absolute Gasteiger partial charge is 0.485 e. The fraction of sp³-hybridized carbons (Fsp3) is 0.133. The summed E-state index contributed by atoms with van der Waals surface area (Å²) in [5, 5.41) is 2.82. The SMILES string of the molecule is O=C(Nc1ccccc1Br)[C@@H]1COc2ccccc2O1. The second-order valence-electron chi connectivity index (χ2n) is 4.33. The first-order chi connectivity index (χ1) is 9.74. The molecule has 0 fully saturated rings. The van der Waals surface area contributed by atoms with Gasteiger partial charge in [-0.3, -0.25) is 4.79 Å². The number of benzene rings is 2. The maximum Gasteiger partial charge on any atom is 0.269 e. The van der Waals surface area contributed by atoms with Crippen LogP contribution < -0.4 is 14.8 Å². The molecule has 5 heteroatoms. The van der Waals surface area contributed by atoms with E-state index in [2.05, 4.69) is 21.2 Å². The third kappa shape index (κ3) is 2.63. The highest BCUT2D eigenvalue weighted by atomic mass is 79.9. The molecule has 20 heavy (non-hydrogen) atoms. The Bertz CT molecular complexity index is 645. The van der Waals surface area contributed by atoms with Crippen molar-refractivity contribution in [3.8, 4) is 11.5 Å². The summed E-state index contributed by atoms with van der Waals surface area (Å²) in [5.74, 6) is 1.02. The predicted molar refractivity (Wildman–Crippen MR) is 79.1 cm³/mol. The van der Waals surface area contributed by atoms with Gasteiger partial charge in [0.1, 0.15) is 6.61 Å². The van der Waals surface area contributed by atoms with Crippen molar-refractivity contribution in [2.75, 3.05) is 11.9 Å². The number of rotatable bonds is 2. The number of hydrogen-bond donors (Lipinski definition) is 1. The Morgan fingerprint density at radius 1 is 1.10 bits per heavy atom. The van der Waals surface area contributed by atoms with Crippen molar-refractivity contribution < 1.29 is 14.3 Å². The highest BCUT2D eigenvalue weighted by molar-refractivity contribution is 9.10. The second kappa shape index (κ2) is 5.54. The molecule has 0 bridgehead atoms. The van der Waals surface area contributed by atoms with Gasteiger partial charge in [-0.2, -0.15) is 0 Å². The zero-order valence-electron chi connectivity index (χ0n) is 10.5. The zero-order chi connectivity index (χ0) is 13.9. The minimum atomic E-state index is -0.656. The summed E-state index contributed by atoms with van der Waals surface area (Å²) < 4.78 is 12.0. The van der Waals surface area contributed by atoms with E-state index in [9.17, 15) is 4.79 Å². The summed E-state index contributed by atoms with van der Waals surface area (Å²) in [6, 6.07) is 14.7. The molecule has 2 aromatic carbocycles. The van der Waals surface area contributed by atoms with Crippen molar-refractivity contribution >= 4 is 27.5 Å². The van der Waals surface area contributed by atoms with Crippen molar-refractivity contribution in [2.45, 2.75) is 6.10 Å². The Morgan fingerprint density at radius 3 is 2.60 bits per heavy atom. The molecule has 1 N–H and O–H groups in total. The van der Waals surface area contributed by atoms with Gasteiger partial charge in [0.15, 0.2) is 11.5 Å². The summed E-state index contributed by atoms with van der Waals surface area (Å²) in [6.07, 6.45) is -0.656. The standard InChI is InChI=1S/C15H12BrNO3/c16-10-5-1-2-6-11(10)17-15(18)14-9-19-12-7-3-4-8-13(12)20-14/h1-8,14H,9H2,(H,17,18)/t14-/m0/s1. The van der Waals surface area contributed by atoms with E-state index >= 15 is 0 Å². The van der Waals surface area contributed by atoms with Crippen LogP contribution in [0.5, 0.6) is 11.5 Å². The van der Waals surface area contributed by atoms with Crippen molar-refractivity contribution in [3.05, 3.63) is 53.0 Å². The van der Waals surface area contributed by atoms with Gasteiger partial charge >= 0.3 is 0 Å². The van der Waals surface area contributed by atoms with Gasteiger partial charge in [-0.15, -0.1) is 0 Å². The summed E-state index contributed by atoms with van der Waals surface area (Å²) >= 11 is 3.39. The number of hydrogen-bond acceptors (Lipinski definition) is 3. The molecule has 1 aliphatic heterocycles. The number of anilines is 1. The van der Waals surface area contributed by atoms with Gasteiger partial charge in [0, 0.05) is 4.47 Å². The average Bonchev–Trinajstić information content (AvgIpc) is 2.49.